The summed E-state index contributed by atoms with van der Waals surface area (Å²) in [5.74, 6) is -0.902. The zero-order valence-corrected chi connectivity index (χ0v) is 15.9. The third kappa shape index (κ3) is 22.4. The quantitative estimate of drug-likeness (QED) is 0.250. The number of unbranched alkanes of at least 4 members (excludes halogenated alkanes) is 5. The van der Waals surface area contributed by atoms with Gasteiger partial charge in [0, 0.05) is 6.61 Å². The minimum Gasteiger partial charge on any atom is -0.480 e. The molecule has 0 radical (unpaired) electrons. The molecule has 0 rings (SSSR count). The van der Waals surface area contributed by atoms with Crippen LogP contribution in [0, 0.1) is 0 Å². The third-order valence-electron chi connectivity index (χ3n) is 3.59. The summed E-state index contributed by atoms with van der Waals surface area (Å²) in [5, 5.41) is 8.42. The summed E-state index contributed by atoms with van der Waals surface area (Å²) in [6, 6.07) is 0. The molecule has 0 aliphatic carbocycles. The van der Waals surface area contributed by atoms with Crippen molar-refractivity contribution in [3.05, 3.63) is 48.6 Å². The SMILES string of the molecule is CCCCC/C=C/C/C=C/C/C=C/C/C=C/CCCCOCC(=O)O. The lowest BCUT2D eigenvalue weighted by atomic mass is 10.2. The van der Waals surface area contributed by atoms with Crippen LogP contribution in [0.2, 0.25) is 0 Å². The lowest BCUT2D eigenvalue weighted by Gasteiger charge is -1.99. The van der Waals surface area contributed by atoms with Gasteiger partial charge >= 0.3 is 5.97 Å². The van der Waals surface area contributed by atoms with E-state index in [-0.39, 0.29) is 6.61 Å². The highest BCUT2D eigenvalue weighted by atomic mass is 16.5. The molecule has 0 aromatic carbocycles. The van der Waals surface area contributed by atoms with Crippen LogP contribution >= 0.6 is 0 Å². The van der Waals surface area contributed by atoms with E-state index < -0.39 is 5.97 Å². The Kier molecular flexibility index (Phi) is 19.1. The van der Waals surface area contributed by atoms with Gasteiger partial charge < -0.3 is 9.84 Å². The van der Waals surface area contributed by atoms with Crippen LogP contribution in [0.5, 0.6) is 0 Å². The van der Waals surface area contributed by atoms with Crippen LogP contribution in [0.3, 0.4) is 0 Å². The largest absolute Gasteiger partial charge is 0.480 e. The normalized spacial score (nSPS) is 12.4. The maximum absolute atomic E-state index is 10.2. The number of carboxylic acids is 1. The van der Waals surface area contributed by atoms with Crippen molar-refractivity contribution in [2.24, 2.45) is 0 Å². The van der Waals surface area contributed by atoms with E-state index in [9.17, 15) is 4.79 Å². The van der Waals surface area contributed by atoms with Crippen LogP contribution < -0.4 is 0 Å². The predicted octanol–water partition coefficient (Wildman–Crippen LogP) is 6.23. The second-order valence-electron chi connectivity index (χ2n) is 6.03. The summed E-state index contributed by atoms with van der Waals surface area (Å²) < 4.78 is 4.98. The van der Waals surface area contributed by atoms with Crippen LogP contribution in [-0.2, 0) is 9.53 Å². The molecule has 3 nitrogen and oxygen atoms in total. The Hall–Kier alpha value is -1.61. The number of rotatable bonds is 17. The summed E-state index contributed by atoms with van der Waals surface area (Å²) in [5.41, 5.74) is 0. The molecule has 3 heteroatoms. The minimum atomic E-state index is -0.902. The Morgan fingerprint density at radius 2 is 1.24 bits per heavy atom. The van der Waals surface area contributed by atoms with Crippen molar-refractivity contribution in [1.29, 1.82) is 0 Å². The molecule has 1 N–H and O–H groups in total. The highest BCUT2D eigenvalue weighted by Gasteiger charge is 1.94. The van der Waals surface area contributed by atoms with Crippen LogP contribution in [0.25, 0.3) is 0 Å². The Bertz CT molecular complexity index is 405. The average Bonchev–Trinajstić information content (AvgIpc) is 2.60. The molecule has 0 spiro atoms. The Balaban J connectivity index is 3.36. The van der Waals surface area contributed by atoms with Gasteiger partial charge in [-0.05, 0) is 51.4 Å². The molecular weight excluding hydrogens is 312 g/mol. The number of carboxylic acid groups (broad SMARTS) is 1. The summed E-state index contributed by atoms with van der Waals surface area (Å²) in [6.07, 6.45) is 28.9. The molecule has 25 heavy (non-hydrogen) atoms. The molecule has 0 bridgehead atoms. The number of allylic oxidation sites excluding steroid dienone is 8. The van der Waals surface area contributed by atoms with E-state index in [1.54, 1.807) is 0 Å². The van der Waals surface area contributed by atoms with Gasteiger partial charge in [0.25, 0.3) is 0 Å². The second kappa shape index (κ2) is 20.4. The Morgan fingerprint density at radius 1 is 0.760 bits per heavy atom. The summed E-state index contributed by atoms with van der Waals surface area (Å²) >= 11 is 0. The molecule has 0 saturated carbocycles. The second-order valence-corrected chi connectivity index (χ2v) is 6.03. The zero-order valence-electron chi connectivity index (χ0n) is 15.9. The van der Waals surface area contributed by atoms with Gasteiger partial charge in [-0.1, -0.05) is 68.4 Å². The molecule has 0 heterocycles. The van der Waals surface area contributed by atoms with Crippen LogP contribution in [0.1, 0.15) is 71.1 Å². The first-order chi connectivity index (χ1) is 12.3. The highest BCUT2D eigenvalue weighted by molar-refractivity contribution is 5.67. The molecule has 0 aromatic heterocycles. The summed E-state index contributed by atoms with van der Waals surface area (Å²) in [7, 11) is 0. The summed E-state index contributed by atoms with van der Waals surface area (Å²) in [4.78, 5) is 10.2. The van der Waals surface area contributed by atoms with E-state index in [2.05, 4.69) is 55.5 Å². The maximum atomic E-state index is 10.2. The standard InChI is InChI=1S/C22H36O3/c1-2-3-4-5-6-7-8-9-10-11-12-13-14-15-16-17-18-19-20-25-21-22(23)24/h6-7,9-10,12-13,15-16H,2-5,8,11,14,17-21H2,1H3,(H,23,24)/b7-6+,10-9+,13-12+,16-15+. The van der Waals surface area contributed by atoms with Gasteiger partial charge in [0.15, 0.2) is 0 Å². The van der Waals surface area contributed by atoms with Crippen LogP contribution in [-0.4, -0.2) is 24.3 Å². The Labute approximate surface area is 154 Å². The first-order valence-electron chi connectivity index (χ1n) is 9.67. The van der Waals surface area contributed by atoms with E-state index in [1.165, 1.54) is 25.7 Å². The predicted molar refractivity (Wildman–Crippen MR) is 107 cm³/mol. The van der Waals surface area contributed by atoms with Gasteiger partial charge in [0.1, 0.15) is 6.61 Å². The zero-order chi connectivity index (χ0) is 18.4. The van der Waals surface area contributed by atoms with Crippen molar-refractivity contribution in [3.8, 4) is 0 Å². The third-order valence-corrected chi connectivity index (χ3v) is 3.59. The average molecular weight is 349 g/mol. The fraction of sp³-hybridized carbons (Fsp3) is 0.591. The van der Waals surface area contributed by atoms with Gasteiger partial charge in [-0.25, -0.2) is 4.79 Å². The smallest absolute Gasteiger partial charge is 0.329 e. The van der Waals surface area contributed by atoms with E-state index in [1.807, 2.05) is 0 Å². The molecule has 0 amide bonds. The lowest BCUT2D eigenvalue weighted by molar-refractivity contribution is -0.142. The van der Waals surface area contributed by atoms with Gasteiger partial charge in [0.05, 0.1) is 0 Å². The monoisotopic (exact) mass is 348 g/mol. The fourth-order valence-electron chi connectivity index (χ4n) is 2.19. The van der Waals surface area contributed by atoms with Crippen molar-refractivity contribution < 1.29 is 14.6 Å². The van der Waals surface area contributed by atoms with E-state index in [4.69, 9.17) is 9.84 Å². The van der Waals surface area contributed by atoms with Crippen LogP contribution in [0.15, 0.2) is 48.6 Å². The first-order valence-corrected chi connectivity index (χ1v) is 9.67. The molecule has 0 fully saturated rings. The minimum absolute atomic E-state index is 0.190. The molecular formula is C22H36O3. The molecule has 0 aromatic rings. The van der Waals surface area contributed by atoms with Crippen molar-refractivity contribution in [3.63, 3.8) is 0 Å². The number of hydrogen-bond donors (Lipinski definition) is 1. The van der Waals surface area contributed by atoms with E-state index in [0.717, 1.165) is 38.5 Å². The van der Waals surface area contributed by atoms with E-state index >= 15 is 0 Å². The van der Waals surface area contributed by atoms with Crippen molar-refractivity contribution in [2.45, 2.75) is 71.1 Å². The molecule has 0 aliphatic heterocycles. The first kappa shape index (κ1) is 23.4. The number of carbonyl (C=O) groups is 1. The fourth-order valence-corrected chi connectivity index (χ4v) is 2.19. The Morgan fingerprint density at radius 3 is 1.72 bits per heavy atom. The summed E-state index contributed by atoms with van der Waals surface area (Å²) in [6.45, 7) is 2.57. The van der Waals surface area contributed by atoms with Gasteiger partial charge in [-0.3, -0.25) is 0 Å². The van der Waals surface area contributed by atoms with Gasteiger partial charge in [-0.2, -0.15) is 0 Å². The molecule has 142 valence electrons. The maximum Gasteiger partial charge on any atom is 0.329 e. The van der Waals surface area contributed by atoms with E-state index in [0.29, 0.717) is 6.61 Å². The topological polar surface area (TPSA) is 46.5 Å². The molecule has 0 unspecified atom stereocenters. The lowest BCUT2D eigenvalue weighted by Crippen LogP contribution is -2.07. The van der Waals surface area contributed by atoms with Gasteiger partial charge in [0.2, 0.25) is 0 Å². The van der Waals surface area contributed by atoms with Crippen LogP contribution in [0.4, 0.5) is 0 Å². The number of aliphatic carboxylic acids is 1. The number of hydrogen-bond acceptors (Lipinski definition) is 2. The van der Waals surface area contributed by atoms with Gasteiger partial charge in [-0.15, -0.1) is 0 Å². The number of ether oxygens (including phenoxy) is 1. The van der Waals surface area contributed by atoms with Crippen molar-refractivity contribution in [2.75, 3.05) is 13.2 Å². The molecule has 0 atom stereocenters. The van der Waals surface area contributed by atoms with Crippen molar-refractivity contribution >= 4 is 5.97 Å². The highest BCUT2D eigenvalue weighted by Crippen LogP contribution is 2.01. The molecule has 0 saturated heterocycles. The molecule has 0 aliphatic rings. The van der Waals surface area contributed by atoms with Crippen molar-refractivity contribution in [1.82, 2.24) is 0 Å².